The number of sulfonamides is 1. The Kier molecular flexibility index (Phi) is 11.0. The number of amides is 2. The molecule has 3 rings (SSSR count). The Morgan fingerprint density at radius 2 is 1.52 bits per heavy atom. The molecular weight excluding hydrogens is 569 g/mol. The maximum Gasteiger partial charge on any atom is 0.264 e. The average molecular weight is 605 g/mol. The van der Waals surface area contributed by atoms with Gasteiger partial charge in [0.25, 0.3) is 10.0 Å². The fourth-order valence-electron chi connectivity index (χ4n) is 4.25. The lowest BCUT2D eigenvalue weighted by Crippen LogP contribution is -2.53. The molecule has 0 saturated heterocycles. The van der Waals surface area contributed by atoms with E-state index in [1.165, 1.54) is 17.0 Å². The number of hydrogen-bond acceptors (Lipinski definition) is 4. The topological polar surface area (TPSA) is 86.8 Å². The Balaban J connectivity index is 2.09. The lowest BCUT2D eigenvalue weighted by atomic mass is 10.1. The van der Waals surface area contributed by atoms with Crippen LogP contribution < -0.4 is 9.62 Å². The Hall–Kier alpha value is -3.07. The Labute approximate surface area is 247 Å². The van der Waals surface area contributed by atoms with E-state index in [1.807, 2.05) is 26.8 Å². The second-order valence-electron chi connectivity index (χ2n) is 9.63. The minimum Gasteiger partial charge on any atom is -0.352 e. The maximum atomic E-state index is 14.1. The van der Waals surface area contributed by atoms with E-state index < -0.39 is 28.5 Å². The molecule has 0 bridgehead atoms. The van der Waals surface area contributed by atoms with Crippen molar-refractivity contribution in [1.29, 1.82) is 0 Å². The summed E-state index contributed by atoms with van der Waals surface area (Å²) in [6.07, 6.45) is 1.01. The van der Waals surface area contributed by atoms with Gasteiger partial charge in [-0.3, -0.25) is 13.9 Å². The van der Waals surface area contributed by atoms with E-state index >= 15 is 0 Å². The SMILES string of the molecule is CC[C@H](C)NC(=O)[C@H](CC)N(Cc1c(Cl)cccc1Cl)C(=O)CN(c1cccc(C)c1)S(=O)(=O)c1ccccc1. The standard InChI is InChI=1S/C30H35Cl2N3O4S/c1-5-22(4)33-30(37)28(6-2)34(19-25-26(31)16-11-17-27(25)32)29(36)20-35(23-13-10-12-21(3)18-23)40(38,39)24-14-8-7-9-15-24/h7-18,22,28H,5-6,19-20H2,1-4H3,(H,33,37)/t22-,28-/m0/s1. The normalized spacial score (nSPS) is 12.8. The van der Waals surface area contributed by atoms with Crippen LogP contribution in [0.5, 0.6) is 0 Å². The summed E-state index contributed by atoms with van der Waals surface area (Å²) in [5, 5.41) is 3.63. The van der Waals surface area contributed by atoms with E-state index in [0.29, 0.717) is 34.1 Å². The molecule has 7 nitrogen and oxygen atoms in total. The number of rotatable bonds is 12. The molecule has 0 unspecified atom stereocenters. The van der Waals surface area contributed by atoms with Gasteiger partial charge in [-0.25, -0.2) is 8.42 Å². The van der Waals surface area contributed by atoms with Gasteiger partial charge in [0.2, 0.25) is 11.8 Å². The first-order valence-electron chi connectivity index (χ1n) is 13.2. The van der Waals surface area contributed by atoms with Gasteiger partial charge in [-0.1, -0.05) is 73.4 Å². The number of nitrogens with one attached hydrogen (secondary N) is 1. The van der Waals surface area contributed by atoms with Crippen molar-refractivity contribution in [3.8, 4) is 0 Å². The smallest absolute Gasteiger partial charge is 0.264 e. The number of hydrogen-bond donors (Lipinski definition) is 1. The van der Waals surface area contributed by atoms with Crippen LogP contribution >= 0.6 is 23.2 Å². The summed E-state index contributed by atoms with van der Waals surface area (Å²) in [5.74, 6) is -0.899. The highest BCUT2D eigenvalue weighted by molar-refractivity contribution is 7.92. The van der Waals surface area contributed by atoms with E-state index in [2.05, 4.69) is 5.32 Å². The summed E-state index contributed by atoms with van der Waals surface area (Å²) in [6, 6.07) is 18.9. The molecule has 0 radical (unpaired) electrons. The molecule has 0 aliphatic heterocycles. The summed E-state index contributed by atoms with van der Waals surface area (Å²) in [4.78, 5) is 28.9. The third-order valence-electron chi connectivity index (χ3n) is 6.68. The van der Waals surface area contributed by atoms with Gasteiger partial charge in [0.1, 0.15) is 12.6 Å². The fourth-order valence-corrected chi connectivity index (χ4v) is 6.19. The lowest BCUT2D eigenvalue weighted by Gasteiger charge is -2.34. The van der Waals surface area contributed by atoms with E-state index in [0.717, 1.165) is 9.87 Å². The Bertz CT molecular complexity index is 1410. The quantitative estimate of drug-likeness (QED) is 0.266. The fraction of sp³-hybridized carbons (Fsp3) is 0.333. The first-order chi connectivity index (χ1) is 19.0. The van der Waals surface area contributed by atoms with Crippen LogP contribution in [0.15, 0.2) is 77.7 Å². The summed E-state index contributed by atoms with van der Waals surface area (Å²) in [7, 11) is -4.13. The van der Waals surface area contributed by atoms with Crippen LogP contribution in [0.1, 0.15) is 44.7 Å². The van der Waals surface area contributed by atoms with Crippen LogP contribution in [0.25, 0.3) is 0 Å². The van der Waals surface area contributed by atoms with Crippen molar-refractivity contribution in [2.45, 2.75) is 64.1 Å². The number of benzene rings is 3. The van der Waals surface area contributed by atoms with Crippen molar-refractivity contribution in [3.63, 3.8) is 0 Å². The molecule has 10 heteroatoms. The molecule has 0 heterocycles. The number of nitrogens with zero attached hydrogens (tertiary/aromatic N) is 2. The minimum atomic E-state index is -4.13. The molecule has 0 fully saturated rings. The molecule has 0 aromatic heterocycles. The molecular formula is C30H35Cl2N3O4S. The van der Waals surface area contributed by atoms with Crippen molar-refractivity contribution in [2.24, 2.45) is 0 Å². The molecule has 3 aromatic rings. The van der Waals surface area contributed by atoms with Crippen molar-refractivity contribution < 1.29 is 18.0 Å². The second kappa shape index (κ2) is 14.0. The van der Waals surface area contributed by atoms with Crippen LogP contribution in [0.2, 0.25) is 10.0 Å². The van der Waals surface area contributed by atoms with Gasteiger partial charge in [0, 0.05) is 28.2 Å². The molecule has 2 atom stereocenters. The molecule has 0 spiro atoms. The van der Waals surface area contributed by atoms with Gasteiger partial charge < -0.3 is 10.2 Å². The summed E-state index contributed by atoms with van der Waals surface area (Å²) in [6.45, 7) is 6.87. The van der Waals surface area contributed by atoms with Crippen LogP contribution in [0.4, 0.5) is 5.69 Å². The third kappa shape index (κ3) is 7.56. The van der Waals surface area contributed by atoms with E-state index in [4.69, 9.17) is 23.2 Å². The lowest BCUT2D eigenvalue weighted by molar-refractivity contribution is -0.140. The highest BCUT2D eigenvalue weighted by atomic mass is 35.5. The van der Waals surface area contributed by atoms with Gasteiger partial charge >= 0.3 is 0 Å². The monoisotopic (exact) mass is 603 g/mol. The number of aryl methyl sites for hydroxylation is 1. The molecule has 40 heavy (non-hydrogen) atoms. The van der Waals surface area contributed by atoms with Gasteiger partial charge in [-0.05, 0) is 68.7 Å². The second-order valence-corrected chi connectivity index (χ2v) is 12.3. The van der Waals surface area contributed by atoms with E-state index in [-0.39, 0.29) is 23.4 Å². The van der Waals surface area contributed by atoms with Gasteiger partial charge in [0.05, 0.1) is 10.6 Å². The van der Waals surface area contributed by atoms with Crippen molar-refractivity contribution in [1.82, 2.24) is 10.2 Å². The highest BCUT2D eigenvalue weighted by Gasteiger charge is 2.34. The maximum absolute atomic E-state index is 14.1. The predicted octanol–water partition coefficient (Wildman–Crippen LogP) is 6.22. The molecule has 214 valence electrons. The van der Waals surface area contributed by atoms with Gasteiger partial charge in [0.15, 0.2) is 0 Å². The van der Waals surface area contributed by atoms with Gasteiger partial charge in [-0.2, -0.15) is 0 Å². The predicted molar refractivity (Wildman–Crippen MR) is 161 cm³/mol. The highest BCUT2D eigenvalue weighted by Crippen LogP contribution is 2.29. The zero-order chi connectivity index (χ0) is 29.4. The van der Waals surface area contributed by atoms with Crippen LogP contribution in [-0.4, -0.2) is 43.8 Å². The van der Waals surface area contributed by atoms with Crippen LogP contribution in [0, 0.1) is 6.92 Å². The summed E-state index contributed by atoms with van der Waals surface area (Å²) >= 11 is 12.9. The first kappa shape index (κ1) is 31.5. The van der Waals surface area contributed by atoms with Crippen molar-refractivity contribution in [3.05, 3.63) is 94.0 Å². The molecule has 0 saturated carbocycles. The van der Waals surface area contributed by atoms with Crippen molar-refractivity contribution in [2.75, 3.05) is 10.8 Å². The molecule has 2 amide bonds. The zero-order valence-corrected chi connectivity index (χ0v) is 25.4. The Morgan fingerprint density at radius 3 is 2.10 bits per heavy atom. The number of halogens is 2. The van der Waals surface area contributed by atoms with E-state index in [1.54, 1.807) is 61.5 Å². The molecule has 0 aliphatic carbocycles. The molecule has 3 aromatic carbocycles. The largest absolute Gasteiger partial charge is 0.352 e. The van der Waals surface area contributed by atoms with Crippen LogP contribution in [0.3, 0.4) is 0 Å². The number of anilines is 1. The van der Waals surface area contributed by atoms with Crippen molar-refractivity contribution >= 4 is 50.7 Å². The average Bonchev–Trinajstić information content (AvgIpc) is 2.93. The number of carbonyl (C=O) groups excluding carboxylic acids is 2. The summed E-state index contributed by atoms with van der Waals surface area (Å²) in [5.41, 5.74) is 1.64. The van der Waals surface area contributed by atoms with Crippen LogP contribution in [-0.2, 0) is 26.2 Å². The van der Waals surface area contributed by atoms with E-state index in [9.17, 15) is 18.0 Å². The number of carbonyl (C=O) groups is 2. The molecule has 1 N–H and O–H groups in total. The van der Waals surface area contributed by atoms with Gasteiger partial charge in [-0.15, -0.1) is 0 Å². The minimum absolute atomic E-state index is 0.0477. The Morgan fingerprint density at radius 1 is 0.900 bits per heavy atom. The zero-order valence-electron chi connectivity index (χ0n) is 23.1. The third-order valence-corrected chi connectivity index (χ3v) is 9.17. The molecule has 0 aliphatic rings. The first-order valence-corrected chi connectivity index (χ1v) is 15.4. The summed E-state index contributed by atoms with van der Waals surface area (Å²) < 4.78 is 28.8.